The number of rotatable bonds is 0. The molecule has 1 saturated heterocycles. The molecule has 10 heavy (non-hydrogen) atoms. The quantitative estimate of drug-likeness (QED) is 0.514. The van der Waals surface area contributed by atoms with Gasteiger partial charge in [0.25, 0.3) is 0 Å². The SMILES string of the molecule is CC1=CC=C(C)C12CCS2. The second-order valence-electron chi connectivity index (χ2n) is 3.12. The van der Waals surface area contributed by atoms with Gasteiger partial charge in [0.15, 0.2) is 0 Å². The van der Waals surface area contributed by atoms with E-state index in [9.17, 15) is 0 Å². The highest BCUT2D eigenvalue weighted by atomic mass is 32.2. The summed E-state index contributed by atoms with van der Waals surface area (Å²) >= 11 is 2.09. The summed E-state index contributed by atoms with van der Waals surface area (Å²) < 4.78 is 0.472. The summed E-state index contributed by atoms with van der Waals surface area (Å²) in [5.74, 6) is 1.34. The van der Waals surface area contributed by atoms with Crippen LogP contribution in [0.15, 0.2) is 23.3 Å². The molecule has 1 aliphatic carbocycles. The molecule has 0 aromatic heterocycles. The second-order valence-corrected chi connectivity index (χ2v) is 4.52. The van der Waals surface area contributed by atoms with E-state index in [-0.39, 0.29) is 0 Å². The fourth-order valence-electron chi connectivity index (χ4n) is 1.76. The van der Waals surface area contributed by atoms with Crippen LogP contribution in [0.25, 0.3) is 0 Å². The lowest BCUT2D eigenvalue weighted by Crippen LogP contribution is -2.35. The van der Waals surface area contributed by atoms with Gasteiger partial charge in [-0.25, -0.2) is 0 Å². The van der Waals surface area contributed by atoms with Crippen molar-refractivity contribution in [2.45, 2.75) is 25.0 Å². The Bertz CT molecular complexity index is 199. The lowest BCUT2D eigenvalue weighted by atomic mass is 9.93. The van der Waals surface area contributed by atoms with Crippen LogP contribution in [0.2, 0.25) is 0 Å². The van der Waals surface area contributed by atoms with Crippen LogP contribution in [-0.4, -0.2) is 10.5 Å². The Morgan fingerprint density at radius 3 is 2.00 bits per heavy atom. The maximum Gasteiger partial charge on any atom is 0.0585 e. The van der Waals surface area contributed by atoms with Gasteiger partial charge in [0.2, 0.25) is 0 Å². The van der Waals surface area contributed by atoms with Crippen LogP contribution in [0.4, 0.5) is 0 Å². The fourth-order valence-corrected chi connectivity index (χ4v) is 2.96. The highest BCUT2D eigenvalue weighted by molar-refractivity contribution is 8.02. The van der Waals surface area contributed by atoms with Crippen LogP contribution in [0.3, 0.4) is 0 Å². The van der Waals surface area contributed by atoms with Gasteiger partial charge in [-0.2, -0.15) is 0 Å². The summed E-state index contributed by atoms with van der Waals surface area (Å²) in [4.78, 5) is 0. The molecule has 1 aliphatic heterocycles. The van der Waals surface area contributed by atoms with Crippen molar-refractivity contribution in [3.8, 4) is 0 Å². The predicted octanol–water partition coefficient (Wildman–Crippen LogP) is 2.77. The molecule has 0 nitrogen and oxygen atoms in total. The molecule has 0 amide bonds. The van der Waals surface area contributed by atoms with Crippen LogP contribution in [0, 0.1) is 0 Å². The first kappa shape index (κ1) is 6.53. The average Bonchev–Trinajstić information content (AvgIpc) is 2.06. The van der Waals surface area contributed by atoms with Crippen LogP contribution in [0.5, 0.6) is 0 Å². The maximum atomic E-state index is 2.27. The zero-order valence-corrected chi connectivity index (χ0v) is 7.29. The maximum absolute atomic E-state index is 2.27. The Labute approximate surface area is 66.4 Å². The molecule has 2 aliphatic rings. The van der Waals surface area contributed by atoms with Gasteiger partial charge in [-0.3, -0.25) is 0 Å². The molecular weight excluding hydrogens is 140 g/mol. The number of thioether (sulfide) groups is 1. The lowest BCUT2D eigenvalue weighted by molar-refractivity contribution is 0.712. The molecule has 54 valence electrons. The smallest absolute Gasteiger partial charge is 0.0585 e. The first-order valence-electron chi connectivity index (χ1n) is 3.76. The molecule has 1 heteroatoms. The third-order valence-electron chi connectivity index (χ3n) is 2.66. The first-order chi connectivity index (χ1) is 4.76. The largest absolute Gasteiger partial charge is 0.146 e. The number of hydrogen-bond acceptors (Lipinski definition) is 1. The van der Waals surface area contributed by atoms with E-state index < -0.39 is 0 Å². The molecular formula is C9H12S. The molecule has 0 bridgehead atoms. The summed E-state index contributed by atoms with van der Waals surface area (Å²) in [6, 6.07) is 0. The van der Waals surface area contributed by atoms with E-state index in [2.05, 4.69) is 37.8 Å². The first-order valence-corrected chi connectivity index (χ1v) is 4.74. The highest BCUT2D eigenvalue weighted by Crippen LogP contribution is 2.53. The molecule has 0 saturated carbocycles. The van der Waals surface area contributed by atoms with Gasteiger partial charge in [-0.05, 0) is 26.0 Å². The van der Waals surface area contributed by atoms with Gasteiger partial charge in [0, 0.05) is 0 Å². The number of allylic oxidation sites excluding steroid dienone is 2. The minimum absolute atomic E-state index is 0.472. The molecule has 0 aromatic carbocycles. The lowest BCUT2D eigenvalue weighted by Gasteiger charge is -2.41. The molecule has 0 aromatic rings. The highest BCUT2D eigenvalue weighted by Gasteiger charge is 2.42. The minimum atomic E-state index is 0.472. The van der Waals surface area contributed by atoms with E-state index >= 15 is 0 Å². The molecule has 1 spiro atoms. The standard InChI is InChI=1S/C9H12S/c1-7-3-4-8(2)9(7)5-6-10-9/h3-4H,5-6H2,1-2H3. The van der Waals surface area contributed by atoms with Crippen LogP contribution in [0.1, 0.15) is 20.3 Å². The Kier molecular flexibility index (Phi) is 1.25. The van der Waals surface area contributed by atoms with Gasteiger partial charge in [-0.1, -0.05) is 23.3 Å². The van der Waals surface area contributed by atoms with Crippen molar-refractivity contribution in [1.29, 1.82) is 0 Å². The summed E-state index contributed by atoms with van der Waals surface area (Å²) in [7, 11) is 0. The van der Waals surface area contributed by atoms with Crippen molar-refractivity contribution in [1.82, 2.24) is 0 Å². The fraction of sp³-hybridized carbons (Fsp3) is 0.556. The van der Waals surface area contributed by atoms with E-state index in [4.69, 9.17) is 0 Å². The van der Waals surface area contributed by atoms with Gasteiger partial charge in [0.1, 0.15) is 0 Å². The van der Waals surface area contributed by atoms with Gasteiger partial charge < -0.3 is 0 Å². The van der Waals surface area contributed by atoms with Gasteiger partial charge in [-0.15, -0.1) is 11.8 Å². The van der Waals surface area contributed by atoms with Crippen molar-refractivity contribution in [2.75, 3.05) is 5.75 Å². The van der Waals surface area contributed by atoms with Crippen molar-refractivity contribution >= 4 is 11.8 Å². The second kappa shape index (κ2) is 1.91. The van der Waals surface area contributed by atoms with E-state index in [0.717, 1.165) is 0 Å². The van der Waals surface area contributed by atoms with Gasteiger partial charge >= 0.3 is 0 Å². The zero-order valence-electron chi connectivity index (χ0n) is 6.48. The van der Waals surface area contributed by atoms with E-state index in [1.54, 1.807) is 11.1 Å². The Morgan fingerprint density at radius 2 is 1.80 bits per heavy atom. The van der Waals surface area contributed by atoms with Crippen molar-refractivity contribution in [2.24, 2.45) is 0 Å². The zero-order chi connectivity index (χ0) is 7.19. The predicted molar refractivity (Wildman–Crippen MR) is 47.3 cm³/mol. The third-order valence-corrected chi connectivity index (χ3v) is 4.41. The van der Waals surface area contributed by atoms with Crippen molar-refractivity contribution in [3.05, 3.63) is 23.3 Å². The Hall–Kier alpha value is -0.170. The summed E-state index contributed by atoms with van der Waals surface area (Å²) in [6.07, 6.45) is 5.89. The summed E-state index contributed by atoms with van der Waals surface area (Å²) in [5.41, 5.74) is 3.11. The topological polar surface area (TPSA) is 0 Å². The average molecular weight is 152 g/mol. The third kappa shape index (κ3) is 0.592. The van der Waals surface area contributed by atoms with E-state index in [0.29, 0.717) is 4.75 Å². The van der Waals surface area contributed by atoms with Crippen molar-refractivity contribution in [3.63, 3.8) is 0 Å². The molecule has 0 radical (unpaired) electrons. The Morgan fingerprint density at radius 1 is 1.30 bits per heavy atom. The summed E-state index contributed by atoms with van der Waals surface area (Å²) in [6.45, 7) is 4.50. The normalized spacial score (nSPS) is 27.8. The summed E-state index contributed by atoms with van der Waals surface area (Å²) in [5, 5.41) is 0. The van der Waals surface area contributed by atoms with Crippen molar-refractivity contribution < 1.29 is 0 Å². The monoisotopic (exact) mass is 152 g/mol. The molecule has 2 rings (SSSR count). The molecule has 1 heterocycles. The number of hydrogen-bond donors (Lipinski definition) is 0. The molecule has 0 N–H and O–H groups in total. The molecule has 1 fully saturated rings. The molecule has 0 unspecified atom stereocenters. The minimum Gasteiger partial charge on any atom is -0.146 e. The van der Waals surface area contributed by atoms with Crippen LogP contribution >= 0.6 is 11.8 Å². The van der Waals surface area contributed by atoms with Crippen LogP contribution in [-0.2, 0) is 0 Å². The van der Waals surface area contributed by atoms with E-state index in [1.807, 2.05) is 0 Å². The van der Waals surface area contributed by atoms with Gasteiger partial charge in [0.05, 0.1) is 4.75 Å². The van der Waals surface area contributed by atoms with E-state index in [1.165, 1.54) is 12.2 Å². The van der Waals surface area contributed by atoms with Crippen LogP contribution < -0.4 is 0 Å². The Balaban J connectivity index is 2.35. The molecule has 0 atom stereocenters.